The molecule has 0 saturated carbocycles. The van der Waals surface area contributed by atoms with E-state index < -0.39 is 5.60 Å². The smallest absolute Gasteiger partial charge is 0.410 e. The minimum atomic E-state index is -0.539. The number of carbonyl (C=O) groups excluding carboxylic acids is 1. The molecule has 1 fully saturated rings. The highest BCUT2D eigenvalue weighted by atomic mass is 16.6. The zero-order valence-electron chi connectivity index (χ0n) is 27.0. The van der Waals surface area contributed by atoms with Crippen molar-refractivity contribution in [2.45, 2.75) is 71.9 Å². The monoisotopic (exact) mass is 620 g/mol. The number of likely N-dealkylation sites (tertiary alicyclic amines) is 1. The number of aryl methyl sites for hydroxylation is 4. The van der Waals surface area contributed by atoms with Crippen molar-refractivity contribution in [1.82, 2.24) is 25.0 Å². The third-order valence-electron chi connectivity index (χ3n) is 7.93. The molecule has 3 aromatic heterocycles. The second-order valence-electron chi connectivity index (χ2n) is 12.8. The van der Waals surface area contributed by atoms with Crippen molar-refractivity contribution in [3.8, 4) is 22.9 Å². The largest absolute Gasteiger partial charge is 0.444 e. The van der Waals surface area contributed by atoms with Crippen LogP contribution >= 0.6 is 0 Å². The number of nitrogens with one attached hydrogen (secondary N) is 1. The summed E-state index contributed by atoms with van der Waals surface area (Å²) in [5, 5.41) is 9.73. The molecule has 0 radical (unpaired) electrons. The second kappa shape index (κ2) is 13.2. The van der Waals surface area contributed by atoms with Crippen LogP contribution < -0.4 is 10.1 Å². The molecule has 4 heterocycles. The molecule has 2 aromatic carbocycles. The Morgan fingerprint density at radius 2 is 1.89 bits per heavy atom. The number of carbonyl (C=O) groups is 1. The Morgan fingerprint density at radius 1 is 1.02 bits per heavy atom. The van der Waals surface area contributed by atoms with E-state index in [9.17, 15) is 4.79 Å². The third-order valence-corrected chi connectivity index (χ3v) is 7.93. The third kappa shape index (κ3) is 7.28. The van der Waals surface area contributed by atoms with Gasteiger partial charge in [0, 0.05) is 43.0 Å². The summed E-state index contributed by atoms with van der Waals surface area (Å²) in [5.74, 6) is 2.51. The van der Waals surface area contributed by atoms with Gasteiger partial charge < -0.3 is 24.2 Å². The van der Waals surface area contributed by atoms with Crippen molar-refractivity contribution >= 4 is 22.8 Å². The minimum Gasteiger partial charge on any atom is -0.444 e. The lowest BCUT2D eigenvalue weighted by Crippen LogP contribution is -2.47. The summed E-state index contributed by atoms with van der Waals surface area (Å²) in [7, 11) is 0. The lowest BCUT2D eigenvalue weighted by molar-refractivity contribution is 0.0206. The Labute approximate surface area is 269 Å². The molecule has 5 aromatic rings. The fourth-order valence-corrected chi connectivity index (χ4v) is 5.77. The van der Waals surface area contributed by atoms with Gasteiger partial charge in [0.15, 0.2) is 0 Å². The molecule has 1 amide bonds. The van der Waals surface area contributed by atoms with Crippen molar-refractivity contribution in [3.05, 3.63) is 89.6 Å². The van der Waals surface area contributed by atoms with E-state index >= 15 is 0 Å². The Bertz CT molecular complexity index is 1850. The standard InChI is InChI=1S/C36H40N6O4/c1-23-13-16-28-25(14-15-26-21-24(2)46-41-26)9-6-11-29(28)32(23)44-33-30(12-7-18-37-33)31-17-19-38-34(40-31)39-27-10-8-20-42(22-27)35(43)45-36(3,4)5/h6-7,9,11-13,16-19,21,27H,8,10,14-15,20,22H2,1-5H3,(H,38,39,40)/t27-/m0/s1. The molecule has 0 unspecified atom stereocenters. The first-order valence-electron chi connectivity index (χ1n) is 15.8. The van der Waals surface area contributed by atoms with Crippen LogP contribution in [-0.2, 0) is 17.6 Å². The van der Waals surface area contributed by atoms with Crippen LogP contribution in [0.3, 0.4) is 0 Å². The molecule has 1 aliphatic rings. The SMILES string of the molecule is Cc1cc(CCc2cccc3c(Oc4ncccc4-c4ccnc(N[C@H]5CCCN(C(=O)OC(C)(C)C)C5)n4)c(C)ccc23)no1. The van der Waals surface area contributed by atoms with Crippen LogP contribution in [0, 0.1) is 13.8 Å². The van der Waals surface area contributed by atoms with E-state index in [0.29, 0.717) is 30.6 Å². The number of pyridine rings is 1. The topological polar surface area (TPSA) is 116 Å². The Morgan fingerprint density at radius 3 is 2.70 bits per heavy atom. The van der Waals surface area contributed by atoms with Crippen LogP contribution in [0.2, 0.25) is 0 Å². The number of hydrogen-bond acceptors (Lipinski definition) is 9. The number of anilines is 1. The molecule has 0 spiro atoms. The van der Waals surface area contributed by atoms with Gasteiger partial charge in [-0.1, -0.05) is 35.5 Å². The summed E-state index contributed by atoms with van der Waals surface area (Å²) in [5.41, 5.74) is 4.05. The number of rotatable bonds is 8. The quantitative estimate of drug-likeness (QED) is 0.186. The Hall–Kier alpha value is -4.99. The minimum absolute atomic E-state index is 0.00183. The molecule has 10 heteroatoms. The normalized spacial score (nSPS) is 15.2. The Kier molecular flexibility index (Phi) is 8.87. The van der Waals surface area contributed by atoms with Crippen LogP contribution in [-0.4, -0.2) is 55.8 Å². The number of benzene rings is 2. The van der Waals surface area contributed by atoms with Crippen molar-refractivity contribution in [1.29, 1.82) is 0 Å². The van der Waals surface area contributed by atoms with Gasteiger partial charge in [-0.2, -0.15) is 0 Å². The first kappa shape index (κ1) is 31.0. The zero-order chi connectivity index (χ0) is 32.3. The summed E-state index contributed by atoms with van der Waals surface area (Å²) in [6, 6.07) is 18.2. The van der Waals surface area contributed by atoms with Crippen LogP contribution in [0.4, 0.5) is 10.7 Å². The molecule has 1 saturated heterocycles. The molecule has 0 aliphatic carbocycles. The first-order chi connectivity index (χ1) is 22.1. The maximum Gasteiger partial charge on any atom is 0.410 e. The lowest BCUT2D eigenvalue weighted by atomic mass is 9.98. The molecule has 1 aliphatic heterocycles. The van der Waals surface area contributed by atoms with E-state index in [1.54, 1.807) is 17.3 Å². The summed E-state index contributed by atoms with van der Waals surface area (Å²) in [4.78, 5) is 28.4. The molecular formula is C36H40N6O4. The van der Waals surface area contributed by atoms with Gasteiger partial charge in [0.25, 0.3) is 0 Å². The highest BCUT2D eigenvalue weighted by Gasteiger charge is 2.28. The highest BCUT2D eigenvalue weighted by molar-refractivity contribution is 5.92. The van der Waals surface area contributed by atoms with Gasteiger partial charge in [-0.15, -0.1) is 0 Å². The van der Waals surface area contributed by atoms with Crippen molar-refractivity contribution < 1.29 is 18.8 Å². The van der Waals surface area contributed by atoms with Crippen LogP contribution in [0.5, 0.6) is 11.6 Å². The number of amides is 1. The molecule has 10 nitrogen and oxygen atoms in total. The number of nitrogens with zero attached hydrogens (tertiary/aromatic N) is 5. The average molecular weight is 621 g/mol. The van der Waals surface area contributed by atoms with Crippen LogP contribution in [0.1, 0.15) is 56.2 Å². The van der Waals surface area contributed by atoms with Gasteiger partial charge in [-0.25, -0.2) is 19.7 Å². The van der Waals surface area contributed by atoms with Gasteiger partial charge >= 0.3 is 6.09 Å². The van der Waals surface area contributed by atoms with Gasteiger partial charge in [-0.05, 0) is 95.0 Å². The summed E-state index contributed by atoms with van der Waals surface area (Å²) in [6.07, 6.45) is 6.52. The highest BCUT2D eigenvalue weighted by Crippen LogP contribution is 2.37. The van der Waals surface area contributed by atoms with Crippen LogP contribution in [0.25, 0.3) is 22.0 Å². The van der Waals surface area contributed by atoms with Crippen molar-refractivity contribution in [2.75, 3.05) is 18.4 Å². The lowest BCUT2D eigenvalue weighted by Gasteiger charge is -2.34. The van der Waals surface area contributed by atoms with Crippen LogP contribution in [0.15, 0.2) is 71.5 Å². The van der Waals surface area contributed by atoms with Crippen molar-refractivity contribution in [3.63, 3.8) is 0 Å². The first-order valence-corrected chi connectivity index (χ1v) is 15.8. The second-order valence-corrected chi connectivity index (χ2v) is 12.8. The van der Waals surface area contributed by atoms with Gasteiger partial charge in [0.2, 0.25) is 11.8 Å². The van der Waals surface area contributed by atoms with E-state index in [2.05, 4.69) is 50.8 Å². The Balaban J connectivity index is 1.22. The maximum absolute atomic E-state index is 12.7. The average Bonchev–Trinajstić information content (AvgIpc) is 3.46. The predicted molar refractivity (Wildman–Crippen MR) is 177 cm³/mol. The van der Waals surface area contributed by atoms with Crippen molar-refractivity contribution in [2.24, 2.45) is 0 Å². The predicted octanol–water partition coefficient (Wildman–Crippen LogP) is 7.69. The van der Waals surface area contributed by atoms with E-state index in [4.69, 9.17) is 19.0 Å². The van der Waals surface area contributed by atoms with E-state index in [1.165, 1.54) is 5.56 Å². The molecular weight excluding hydrogens is 580 g/mol. The number of aromatic nitrogens is 4. The number of ether oxygens (including phenoxy) is 2. The van der Waals surface area contributed by atoms with E-state index in [1.807, 2.05) is 58.9 Å². The van der Waals surface area contributed by atoms with Gasteiger partial charge in [0.05, 0.1) is 17.0 Å². The summed E-state index contributed by atoms with van der Waals surface area (Å²) in [6.45, 7) is 10.8. The molecule has 1 atom stereocenters. The molecule has 46 heavy (non-hydrogen) atoms. The number of piperidine rings is 1. The summed E-state index contributed by atoms with van der Waals surface area (Å²) >= 11 is 0. The zero-order valence-corrected chi connectivity index (χ0v) is 27.0. The fourth-order valence-electron chi connectivity index (χ4n) is 5.77. The number of hydrogen-bond donors (Lipinski definition) is 1. The van der Waals surface area contributed by atoms with Gasteiger partial charge in [-0.3, -0.25) is 0 Å². The molecule has 6 rings (SSSR count). The fraction of sp³-hybridized carbons (Fsp3) is 0.361. The molecule has 1 N–H and O–H groups in total. The van der Waals surface area contributed by atoms with Gasteiger partial charge in [0.1, 0.15) is 17.1 Å². The number of fused-ring (bicyclic) bond motifs is 1. The van der Waals surface area contributed by atoms with E-state index in [0.717, 1.165) is 64.8 Å². The maximum atomic E-state index is 12.7. The van der Waals surface area contributed by atoms with E-state index in [-0.39, 0.29) is 12.1 Å². The molecule has 0 bridgehead atoms. The summed E-state index contributed by atoms with van der Waals surface area (Å²) < 4.78 is 17.5. The molecule has 238 valence electrons.